The first kappa shape index (κ1) is 13.4. The Hall–Kier alpha value is -1.24. The molecule has 2 atom stereocenters. The van der Waals surface area contributed by atoms with Crippen LogP contribution in [0.15, 0.2) is 11.4 Å². The zero-order chi connectivity index (χ0) is 14.4. The van der Waals surface area contributed by atoms with E-state index in [9.17, 15) is 5.11 Å². The van der Waals surface area contributed by atoms with E-state index in [1.165, 1.54) is 12.8 Å². The molecule has 21 heavy (non-hydrogen) atoms. The summed E-state index contributed by atoms with van der Waals surface area (Å²) in [6.07, 6.45) is 4.07. The van der Waals surface area contributed by atoms with Crippen molar-refractivity contribution in [2.75, 3.05) is 12.4 Å². The van der Waals surface area contributed by atoms with Gasteiger partial charge in [0.25, 0.3) is 0 Å². The van der Waals surface area contributed by atoms with Gasteiger partial charge in [-0.05, 0) is 37.1 Å². The maximum Gasteiger partial charge on any atom is 0.146 e. The fourth-order valence-corrected chi connectivity index (χ4v) is 4.61. The van der Waals surface area contributed by atoms with Crippen LogP contribution in [0, 0.1) is 0 Å². The van der Waals surface area contributed by atoms with Gasteiger partial charge in [-0.1, -0.05) is 0 Å². The summed E-state index contributed by atoms with van der Waals surface area (Å²) in [5, 5.41) is 16.2. The number of nitrogens with one attached hydrogen (secondary N) is 1. The van der Waals surface area contributed by atoms with E-state index in [4.69, 9.17) is 4.98 Å². The maximum absolute atomic E-state index is 9.90. The van der Waals surface area contributed by atoms with Gasteiger partial charge in [0.05, 0.1) is 18.0 Å². The summed E-state index contributed by atoms with van der Waals surface area (Å²) in [6.45, 7) is 0.796. The van der Waals surface area contributed by atoms with E-state index in [0.29, 0.717) is 12.1 Å². The summed E-state index contributed by atoms with van der Waals surface area (Å²) in [7, 11) is 1.91. The number of hydrogen-bond acceptors (Lipinski definition) is 6. The summed E-state index contributed by atoms with van der Waals surface area (Å²) >= 11 is 1.66. The number of fused-ring (bicyclic) bond motifs is 3. The Kier molecular flexibility index (Phi) is 3.32. The second-order valence-corrected chi connectivity index (χ2v) is 6.95. The largest absolute Gasteiger partial charge is 0.393 e. The van der Waals surface area contributed by atoms with Crippen molar-refractivity contribution in [3.8, 4) is 0 Å². The van der Waals surface area contributed by atoms with Crippen LogP contribution in [0.3, 0.4) is 0 Å². The molecule has 2 bridgehead atoms. The van der Waals surface area contributed by atoms with Gasteiger partial charge >= 0.3 is 0 Å². The molecule has 2 unspecified atom stereocenters. The summed E-state index contributed by atoms with van der Waals surface area (Å²) in [6, 6.07) is 3.06. The highest BCUT2D eigenvalue weighted by Crippen LogP contribution is 2.36. The fourth-order valence-electron chi connectivity index (χ4n) is 3.83. The van der Waals surface area contributed by atoms with Gasteiger partial charge in [0.15, 0.2) is 0 Å². The Labute approximate surface area is 128 Å². The molecule has 0 spiro atoms. The van der Waals surface area contributed by atoms with Crippen LogP contribution in [0.1, 0.15) is 31.5 Å². The number of anilines is 1. The molecule has 2 aliphatic heterocycles. The van der Waals surface area contributed by atoms with Crippen molar-refractivity contribution >= 4 is 27.4 Å². The number of rotatable bonds is 3. The average Bonchev–Trinajstić information content (AvgIpc) is 3.02. The molecule has 2 fully saturated rings. The predicted octanol–water partition coefficient (Wildman–Crippen LogP) is 2.22. The summed E-state index contributed by atoms with van der Waals surface area (Å²) < 4.78 is 0. The molecule has 0 radical (unpaired) electrons. The van der Waals surface area contributed by atoms with Crippen molar-refractivity contribution in [1.29, 1.82) is 0 Å². The van der Waals surface area contributed by atoms with Crippen molar-refractivity contribution in [3.63, 3.8) is 0 Å². The van der Waals surface area contributed by atoms with Crippen LogP contribution in [0.4, 0.5) is 5.82 Å². The van der Waals surface area contributed by atoms with Gasteiger partial charge in [0.2, 0.25) is 0 Å². The van der Waals surface area contributed by atoms with E-state index in [0.717, 1.165) is 41.2 Å². The molecular formula is C15H20N4OS. The standard InChI is InChI=1S/C15H20N4OS/c1-16-14-12-4-5-21-15(12)18-13(17-14)8-19-9-2-3-10(19)7-11(20)6-9/h4-5,9-11,20H,2-3,6-8H2,1H3,(H,16,17,18). The van der Waals surface area contributed by atoms with E-state index in [1.54, 1.807) is 11.3 Å². The SMILES string of the molecule is CNc1nc(CN2C3CCC2CC(O)C3)nc2sccc12. The van der Waals surface area contributed by atoms with Crippen molar-refractivity contribution in [1.82, 2.24) is 14.9 Å². The molecule has 112 valence electrons. The van der Waals surface area contributed by atoms with Crippen molar-refractivity contribution in [2.45, 2.75) is 50.4 Å². The van der Waals surface area contributed by atoms with E-state index in [2.05, 4.69) is 26.6 Å². The molecule has 2 N–H and O–H groups in total. The number of piperidine rings is 1. The van der Waals surface area contributed by atoms with Crippen molar-refractivity contribution in [2.24, 2.45) is 0 Å². The smallest absolute Gasteiger partial charge is 0.146 e. The minimum atomic E-state index is -0.118. The van der Waals surface area contributed by atoms with Gasteiger partial charge in [-0.15, -0.1) is 11.3 Å². The summed E-state index contributed by atoms with van der Waals surface area (Å²) in [5.74, 6) is 1.81. The van der Waals surface area contributed by atoms with Crippen LogP contribution in [-0.4, -0.2) is 45.2 Å². The Balaban J connectivity index is 1.62. The molecule has 0 amide bonds. The van der Waals surface area contributed by atoms with Gasteiger partial charge in [0, 0.05) is 19.1 Å². The molecule has 2 saturated heterocycles. The minimum Gasteiger partial charge on any atom is -0.393 e. The molecule has 5 nitrogen and oxygen atoms in total. The zero-order valence-corrected chi connectivity index (χ0v) is 12.9. The topological polar surface area (TPSA) is 61.3 Å². The molecule has 0 aromatic carbocycles. The van der Waals surface area contributed by atoms with Crippen LogP contribution < -0.4 is 5.32 Å². The predicted molar refractivity (Wildman–Crippen MR) is 84.6 cm³/mol. The highest BCUT2D eigenvalue weighted by Gasteiger charge is 2.40. The molecule has 4 rings (SSSR count). The highest BCUT2D eigenvalue weighted by molar-refractivity contribution is 7.16. The molecule has 4 heterocycles. The van der Waals surface area contributed by atoms with Crippen LogP contribution in [-0.2, 0) is 6.54 Å². The third-order valence-corrected chi connectivity index (χ3v) is 5.60. The Morgan fingerprint density at radius 2 is 2.10 bits per heavy atom. The van der Waals surface area contributed by atoms with E-state index < -0.39 is 0 Å². The summed E-state index contributed by atoms with van der Waals surface area (Å²) in [4.78, 5) is 12.9. The first-order valence-electron chi connectivity index (χ1n) is 7.60. The van der Waals surface area contributed by atoms with Gasteiger partial charge in [-0.2, -0.15) is 0 Å². The Bertz CT molecular complexity index is 644. The number of aliphatic hydroxyl groups excluding tert-OH is 1. The fraction of sp³-hybridized carbons (Fsp3) is 0.600. The van der Waals surface area contributed by atoms with E-state index in [1.807, 2.05) is 7.05 Å². The lowest BCUT2D eigenvalue weighted by molar-refractivity contribution is 0.0297. The van der Waals surface area contributed by atoms with Gasteiger partial charge in [-0.25, -0.2) is 9.97 Å². The number of thiophene rings is 1. The first-order valence-corrected chi connectivity index (χ1v) is 8.48. The molecule has 2 aromatic heterocycles. The third-order valence-electron chi connectivity index (χ3n) is 4.79. The quantitative estimate of drug-likeness (QED) is 0.910. The van der Waals surface area contributed by atoms with Crippen LogP contribution in [0.25, 0.3) is 10.2 Å². The molecule has 0 saturated carbocycles. The van der Waals surface area contributed by atoms with Gasteiger partial charge in [0.1, 0.15) is 16.5 Å². The summed E-state index contributed by atoms with van der Waals surface area (Å²) in [5.41, 5.74) is 0. The number of aliphatic hydroxyl groups is 1. The second-order valence-electron chi connectivity index (χ2n) is 6.06. The highest BCUT2D eigenvalue weighted by atomic mass is 32.1. The van der Waals surface area contributed by atoms with E-state index >= 15 is 0 Å². The van der Waals surface area contributed by atoms with E-state index in [-0.39, 0.29) is 6.10 Å². The monoisotopic (exact) mass is 304 g/mol. The van der Waals surface area contributed by atoms with Crippen LogP contribution >= 0.6 is 11.3 Å². The van der Waals surface area contributed by atoms with Crippen molar-refractivity contribution in [3.05, 3.63) is 17.3 Å². The number of hydrogen-bond donors (Lipinski definition) is 2. The third kappa shape index (κ3) is 2.31. The van der Waals surface area contributed by atoms with Crippen LogP contribution in [0.5, 0.6) is 0 Å². The lowest BCUT2D eigenvalue weighted by Gasteiger charge is -2.36. The van der Waals surface area contributed by atoms with Crippen molar-refractivity contribution < 1.29 is 5.11 Å². The minimum absolute atomic E-state index is 0.118. The van der Waals surface area contributed by atoms with Gasteiger partial charge < -0.3 is 10.4 Å². The number of nitrogens with zero attached hydrogens (tertiary/aromatic N) is 3. The van der Waals surface area contributed by atoms with Gasteiger partial charge in [-0.3, -0.25) is 4.90 Å². The number of aromatic nitrogens is 2. The maximum atomic E-state index is 9.90. The molecule has 6 heteroatoms. The lowest BCUT2D eigenvalue weighted by Crippen LogP contribution is -2.44. The Morgan fingerprint density at radius 1 is 1.33 bits per heavy atom. The molecular weight excluding hydrogens is 284 g/mol. The molecule has 2 aromatic rings. The average molecular weight is 304 g/mol. The molecule has 2 aliphatic rings. The second kappa shape index (κ2) is 5.19. The first-order chi connectivity index (χ1) is 10.2. The lowest BCUT2D eigenvalue weighted by atomic mass is 10.00. The Morgan fingerprint density at radius 3 is 2.81 bits per heavy atom. The molecule has 0 aliphatic carbocycles. The van der Waals surface area contributed by atoms with Crippen LogP contribution in [0.2, 0.25) is 0 Å². The zero-order valence-electron chi connectivity index (χ0n) is 12.1. The normalized spacial score (nSPS) is 29.1.